The van der Waals surface area contributed by atoms with Gasteiger partial charge in [0.15, 0.2) is 0 Å². The van der Waals surface area contributed by atoms with Crippen LogP contribution in [0.4, 0.5) is 5.69 Å². The van der Waals surface area contributed by atoms with Crippen LogP contribution in [-0.2, 0) is 9.84 Å². The molecule has 0 radical (unpaired) electrons. The summed E-state index contributed by atoms with van der Waals surface area (Å²) in [7, 11) is -1.45. The van der Waals surface area contributed by atoms with Crippen molar-refractivity contribution in [2.45, 2.75) is 18.9 Å². The lowest BCUT2D eigenvalue weighted by Gasteiger charge is -2.23. The molecule has 3 N–H and O–H groups in total. The van der Waals surface area contributed by atoms with Crippen LogP contribution in [0.15, 0.2) is 18.2 Å². The number of sulfone groups is 1. The number of anilines is 1. The Labute approximate surface area is 118 Å². The average molecular weight is 298 g/mol. The molecular weight excluding hydrogens is 280 g/mol. The molecule has 1 aromatic rings. The van der Waals surface area contributed by atoms with Crippen LogP contribution in [0.2, 0.25) is 0 Å². The molecule has 20 heavy (non-hydrogen) atoms. The number of rotatable bonds is 3. The maximum atomic E-state index is 12.2. The second kappa shape index (κ2) is 5.70. The van der Waals surface area contributed by atoms with E-state index in [1.807, 2.05) is 0 Å². The molecule has 1 saturated heterocycles. The fourth-order valence-corrected chi connectivity index (χ4v) is 3.71. The Balaban J connectivity index is 2.06. The Morgan fingerprint density at radius 3 is 2.60 bits per heavy atom. The summed E-state index contributed by atoms with van der Waals surface area (Å²) in [5.41, 5.74) is 6.49. The van der Waals surface area contributed by atoms with Crippen molar-refractivity contribution in [3.05, 3.63) is 23.8 Å². The van der Waals surface area contributed by atoms with Gasteiger partial charge in [-0.2, -0.15) is 0 Å². The molecule has 1 fully saturated rings. The molecular formula is C13H18N2O4S. The summed E-state index contributed by atoms with van der Waals surface area (Å²) in [6.07, 6.45) is 0.885. The lowest BCUT2D eigenvalue weighted by Crippen LogP contribution is -2.41. The number of nitrogens with two attached hydrogens (primary N) is 1. The molecule has 1 heterocycles. The summed E-state index contributed by atoms with van der Waals surface area (Å²) in [6.45, 7) is 0. The van der Waals surface area contributed by atoms with Crippen LogP contribution < -0.4 is 15.8 Å². The third-order valence-corrected chi connectivity index (χ3v) is 5.14. The van der Waals surface area contributed by atoms with Gasteiger partial charge in [-0.3, -0.25) is 4.79 Å². The molecule has 2 rings (SSSR count). The first-order valence-corrected chi connectivity index (χ1v) is 8.19. The van der Waals surface area contributed by atoms with E-state index in [1.165, 1.54) is 7.11 Å². The first-order chi connectivity index (χ1) is 9.43. The average Bonchev–Trinajstić information content (AvgIpc) is 2.41. The maximum absolute atomic E-state index is 12.2. The van der Waals surface area contributed by atoms with Gasteiger partial charge in [0, 0.05) is 6.04 Å². The zero-order chi connectivity index (χ0) is 14.8. The van der Waals surface area contributed by atoms with Crippen molar-refractivity contribution in [2.24, 2.45) is 0 Å². The van der Waals surface area contributed by atoms with Crippen molar-refractivity contribution in [3.63, 3.8) is 0 Å². The summed E-state index contributed by atoms with van der Waals surface area (Å²) < 4.78 is 27.7. The van der Waals surface area contributed by atoms with Gasteiger partial charge in [-0.1, -0.05) is 6.07 Å². The summed E-state index contributed by atoms with van der Waals surface area (Å²) in [4.78, 5) is 12.2. The van der Waals surface area contributed by atoms with Crippen LogP contribution >= 0.6 is 0 Å². The number of benzene rings is 1. The van der Waals surface area contributed by atoms with Crippen LogP contribution in [-0.4, -0.2) is 39.0 Å². The predicted octanol–water partition coefficient (Wildman–Crippen LogP) is 0.584. The third-order valence-electron chi connectivity index (χ3n) is 3.42. The Bertz CT molecular complexity index is 599. The smallest absolute Gasteiger partial charge is 0.253 e. The molecule has 0 atom stereocenters. The molecule has 0 spiro atoms. The molecule has 1 aromatic carbocycles. The SMILES string of the molecule is COc1cccc(C(=O)NC2CCS(=O)(=O)CC2)c1N. The van der Waals surface area contributed by atoms with Crippen molar-refractivity contribution in [1.29, 1.82) is 0 Å². The predicted molar refractivity (Wildman–Crippen MR) is 76.5 cm³/mol. The number of carbonyl (C=O) groups is 1. The lowest BCUT2D eigenvalue weighted by molar-refractivity contribution is 0.0935. The van der Waals surface area contributed by atoms with Gasteiger partial charge in [0.05, 0.1) is 29.9 Å². The molecule has 0 unspecified atom stereocenters. The van der Waals surface area contributed by atoms with E-state index in [4.69, 9.17) is 10.5 Å². The van der Waals surface area contributed by atoms with E-state index in [0.29, 0.717) is 24.2 Å². The maximum Gasteiger partial charge on any atom is 0.253 e. The number of amides is 1. The number of methoxy groups -OCH3 is 1. The minimum atomic E-state index is -2.93. The second-order valence-electron chi connectivity index (χ2n) is 4.82. The highest BCUT2D eigenvalue weighted by Gasteiger charge is 2.25. The van der Waals surface area contributed by atoms with Crippen molar-refractivity contribution >= 4 is 21.4 Å². The molecule has 0 aliphatic carbocycles. The first-order valence-electron chi connectivity index (χ1n) is 6.37. The standard InChI is InChI=1S/C13H18N2O4S/c1-19-11-4-2-3-10(12(11)14)13(16)15-9-5-7-20(17,18)8-6-9/h2-4,9H,5-8,14H2,1H3,(H,15,16). The fourth-order valence-electron chi connectivity index (χ4n) is 2.22. The van der Waals surface area contributed by atoms with E-state index in [-0.39, 0.29) is 29.1 Å². The Morgan fingerprint density at radius 1 is 1.35 bits per heavy atom. The van der Waals surface area contributed by atoms with Crippen molar-refractivity contribution < 1.29 is 17.9 Å². The van der Waals surface area contributed by atoms with E-state index in [2.05, 4.69) is 5.32 Å². The van der Waals surface area contributed by atoms with Crippen molar-refractivity contribution in [3.8, 4) is 5.75 Å². The van der Waals surface area contributed by atoms with E-state index >= 15 is 0 Å². The van der Waals surface area contributed by atoms with E-state index < -0.39 is 9.84 Å². The molecule has 1 aliphatic heterocycles. The highest BCUT2D eigenvalue weighted by Crippen LogP contribution is 2.25. The van der Waals surface area contributed by atoms with Gasteiger partial charge in [-0.15, -0.1) is 0 Å². The second-order valence-corrected chi connectivity index (χ2v) is 7.12. The zero-order valence-corrected chi connectivity index (χ0v) is 12.1. The number of nitrogen functional groups attached to an aromatic ring is 1. The molecule has 1 aliphatic rings. The summed E-state index contributed by atoms with van der Waals surface area (Å²) in [5, 5.41) is 2.83. The summed E-state index contributed by atoms with van der Waals surface area (Å²) in [6, 6.07) is 4.86. The first kappa shape index (κ1) is 14.6. The van der Waals surface area contributed by atoms with Gasteiger partial charge in [0.1, 0.15) is 15.6 Å². The zero-order valence-electron chi connectivity index (χ0n) is 11.3. The van der Waals surface area contributed by atoms with E-state index in [9.17, 15) is 13.2 Å². The van der Waals surface area contributed by atoms with Crippen LogP contribution in [0.3, 0.4) is 0 Å². The minimum absolute atomic E-state index is 0.117. The largest absolute Gasteiger partial charge is 0.495 e. The van der Waals surface area contributed by atoms with Crippen LogP contribution in [0.25, 0.3) is 0 Å². The number of hydrogen-bond acceptors (Lipinski definition) is 5. The molecule has 0 saturated carbocycles. The minimum Gasteiger partial charge on any atom is -0.495 e. The van der Waals surface area contributed by atoms with E-state index in [1.54, 1.807) is 18.2 Å². The van der Waals surface area contributed by atoms with Crippen LogP contribution in [0.1, 0.15) is 23.2 Å². The number of nitrogens with one attached hydrogen (secondary N) is 1. The highest BCUT2D eigenvalue weighted by molar-refractivity contribution is 7.91. The van der Waals surface area contributed by atoms with Crippen LogP contribution in [0.5, 0.6) is 5.75 Å². The van der Waals surface area contributed by atoms with Gasteiger partial charge < -0.3 is 15.8 Å². The molecule has 6 nitrogen and oxygen atoms in total. The Kier molecular flexibility index (Phi) is 4.17. The number of para-hydroxylation sites is 1. The number of ether oxygens (including phenoxy) is 1. The van der Waals surface area contributed by atoms with E-state index in [0.717, 1.165) is 0 Å². The Morgan fingerprint density at radius 2 is 2.00 bits per heavy atom. The van der Waals surface area contributed by atoms with Crippen molar-refractivity contribution in [1.82, 2.24) is 5.32 Å². The summed E-state index contributed by atoms with van der Waals surface area (Å²) >= 11 is 0. The lowest BCUT2D eigenvalue weighted by atomic mass is 10.1. The molecule has 7 heteroatoms. The molecule has 0 aromatic heterocycles. The fraction of sp³-hybridized carbons (Fsp3) is 0.462. The molecule has 110 valence electrons. The van der Waals surface area contributed by atoms with Crippen LogP contribution in [0, 0.1) is 0 Å². The van der Waals surface area contributed by atoms with Gasteiger partial charge in [-0.05, 0) is 25.0 Å². The third kappa shape index (κ3) is 3.22. The van der Waals surface area contributed by atoms with Gasteiger partial charge in [-0.25, -0.2) is 8.42 Å². The Hall–Kier alpha value is -1.76. The normalized spacial score (nSPS) is 18.4. The highest BCUT2D eigenvalue weighted by atomic mass is 32.2. The monoisotopic (exact) mass is 298 g/mol. The summed E-state index contributed by atoms with van der Waals surface area (Å²) in [5.74, 6) is 0.381. The van der Waals surface area contributed by atoms with Gasteiger partial charge in [0.2, 0.25) is 0 Å². The topological polar surface area (TPSA) is 98.5 Å². The quantitative estimate of drug-likeness (QED) is 0.796. The number of carbonyl (C=O) groups excluding carboxylic acids is 1. The number of hydrogen-bond donors (Lipinski definition) is 2. The van der Waals surface area contributed by atoms with Gasteiger partial charge >= 0.3 is 0 Å². The van der Waals surface area contributed by atoms with Gasteiger partial charge in [0.25, 0.3) is 5.91 Å². The molecule has 1 amide bonds. The molecule has 0 bridgehead atoms. The van der Waals surface area contributed by atoms with Crippen molar-refractivity contribution in [2.75, 3.05) is 24.3 Å².